The summed E-state index contributed by atoms with van der Waals surface area (Å²) in [7, 11) is -1.99. The van der Waals surface area contributed by atoms with Gasteiger partial charge in [0.1, 0.15) is 5.75 Å². The minimum absolute atomic E-state index is 0.0143. The predicted molar refractivity (Wildman–Crippen MR) is 92.8 cm³/mol. The van der Waals surface area contributed by atoms with Crippen molar-refractivity contribution in [2.45, 2.75) is 19.3 Å². The summed E-state index contributed by atoms with van der Waals surface area (Å²) in [5, 5.41) is 0. The molecular formula is C17H23NO7S. The van der Waals surface area contributed by atoms with Crippen LogP contribution in [0.15, 0.2) is 18.2 Å². The van der Waals surface area contributed by atoms with Crippen LogP contribution in [0.2, 0.25) is 0 Å². The molecule has 0 aliphatic carbocycles. The first-order valence-electron chi connectivity index (χ1n) is 8.58. The van der Waals surface area contributed by atoms with E-state index in [4.69, 9.17) is 18.9 Å². The average Bonchev–Trinajstić information content (AvgIpc) is 3.12. The van der Waals surface area contributed by atoms with E-state index in [0.717, 1.165) is 0 Å². The first-order valence-corrected chi connectivity index (χ1v) is 10.2. The fraction of sp³-hybridized carbons (Fsp3) is 0.588. The molecule has 0 radical (unpaired) electrons. The zero-order valence-electron chi connectivity index (χ0n) is 14.7. The van der Waals surface area contributed by atoms with E-state index in [1.807, 2.05) is 0 Å². The Hall–Kier alpha value is -2.00. The van der Waals surface area contributed by atoms with Crippen molar-refractivity contribution in [3.05, 3.63) is 18.2 Å². The smallest absolute Gasteiger partial charge is 0.308 e. The van der Waals surface area contributed by atoms with Crippen molar-refractivity contribution < 1.29 is 32.2 Å². The van der Waals surface area contributed by atoms with Crippen LogP contribution < -0.4 is 14.2 Å². The Balaban J connectivity index is 1.42. The number of benzene rings is 1. The van der Waals surface area contributed by atoms with Crippen molar-refractivity contribution in [3.63, 3.8) is 0 Å². The number of esters is 1. The van der Waals surface area contributed by atoms with Crippen molar-refractivity contribution in [2.75, 3.05) is 39.4 Å². The highest BCUT2D eigenvalue weighted by Gasteiger charge is 2.31. The van der Waals surface area contributed by atoms with E-state index in [1.165, 1.54) is 11.4 Å². The van der Waals surface area contributed by atoms with Gasteiger partial charge in [0.25, 0.3) is 0 Å². The molecule has 8 nitrogen and oxygen atoms in total. The first kappa shape index (κ1) is 18.8. The minimum Gasteiger partial charge on any atom is -0.493 e. The van der Waals surface area contributed by atoms with Crippen LogP contribution >= 0.6 is 0 Å². The van der Waals surface area contributed by atoms with Gasteiger partial charge in [-0.25, -0.2) is 12.7 Å². The number of carbonyl (C=O) groups excluding carboxylic acids is 1. The summed E-state index contributed by atoms with van der Waals surface area (Å²) in [5.41, 5.74) is 0. The molecule has 0 N–H and O–H groups in total. The van der Waals surface area contributed by atoms with E-state index in [-0.39, 0.29) is 31.0 Å². The molecule has 1 aromatic carbocycles. The highest BCUT2D eigenvalue weighted by atomic mass is 32.2. The number of fused-ring (bicyclic) bond motifs is 1. The van der Waals surface area contributed by atoms with Gasteiger partial charge in [-0.15, -0.1) is 0 Å². The summed E-state index contributed by atoms with van der Waals surface area (Å²) >= 11 is 0. The van der Waals surface area contributed by atoms with E-state index < -0.39 is 10.0 Å². The van der Waals surface area contributed by atoms with Gasteiger partial charge in [0, 0.05) is 19.2 Å². The Bertz CT molecular complexity index is 741. The maximum absolute atomic E-state index is 12.4. The molecule has 0 spiro atoms. The third-order valence-electron chi connectivity index (χ3n) is 4.54. The summed E-state index contributed by atoms with van der Waals surface area (Å²) in [6.07, 6.45) is 1.38. The Morgan fingerprint density at radius 2 is 1.96 bits per heavy atom. The summed E-state index contributed by atoms with van der Waals surface area (Å²) in [6.45, 7) is 1.19. The van der Waals surface area contributed by atoms with Gasteiger partial charge in [-0.3, -0.25) is 4.79 Å². The molecule has 0 atom stereocenters. The van der Waals surface area contributed by atoms with Crippen LogP contribution in [0.25, 0.3) is 0 Å². The lowest BCUT2D eigenvalue weighted by Gasteiger charge is -2.29. The standard InChI is InChI=1S/C17H23NO7S/c1-22-17(19)13-5-7-18(8-6-13)26(20,21)10-2-9-23-14-3-4-15-16(11-14)25-12-24-15/h3-4,11,13H,2,5-10,12H2,1H3. The highest BCUT2D eigenvalue weighted by molar-refractivity contribution is 7.89. The molecule has 0 unspecified atom stereocenters. The predicted octanol–water partition coefficient (Wildman–Crippen LogP) is 1.40. The lowest BCUT2D eigenvalue weighted by molar-refractivity contribution is -0.146. The Morgan fingerprint density at radius 3 is 2.69 bits per heavy atom. The normalized spacial score (nSPS) is 17.9. The molecule has 1 fully saturated rings. The number of methoxy groups -OCH3 is 1. The molecule has 0 amide bonds. The average molecular weight is 385 g/mol. The third-order valence-corrected chi connectivity index (χ3v) is 6.50. The summed E-state index contributed by atoms with van der Waals surface area (Å²) < 4.78 is 47.1. The van der Waals surface area contributed by atoms with Gasteiger partial charge < -0.3 is 18.9 Å². The summed E-state index contributed by atoms with van der Waals surface area (Å²) in [5.74, 6) is 1.46. The van der Waals surface area contributed by atoms with E-state index in [1.54, 1.807) is 18.2 Å². The fourth-order valence-corrected chi connectivity index (χ4v) is 4.57. The first-order chi connectivity index (χ1) is 12.5. The second kappa shape index (κ2) is 8.13. The number of hydrogen-bond donors (Lipinski definition) is 0. The molecule has 0 aromatic heterocycles. The van der Waals surface area contributed by atoms with Crippen molar-refractivity contribution >= 4 is 16.0 Å². The lowest BCUT2D eigenvalue weighted by Crippen LogP contribution is -2.41. The number of ether oxygens (including phenoxy) is 4. The van der Waals surface area contributed by atoms with Crippen LogP contribution in [-0.4, -0.2) is 58.0 Å². The molecule has 26 heavy (non-hydrogen) atoms. The number of sulfonamides is 1. The second-order valence-corrected chi connectivity index (χ2v) is 8.32. The molecule has 0 bridgehead atoms. The molecule has 144 valence electrons. The van der Waals surface area contributed by atoms with E-state index in [0.29, 0.717) is 49.6 Å². The zero-order valence-corrected chi connectivity index (χ0v) is 15.5. The monoisotopic (exact) mass is 385 g/mol. The van der Waals surface area contributed by atoms with Gasteiger partial charge in [-0.2, -0.15) is 0 Å². The molecule has 2 heterocycles. The molecule has 9 heteroatoms. The third kappa shape index (κ3) is 4.39. The molecule has 1 aromatic rings. The van der Waals surface area contributed by atoms with Crippen LogP contribution in [0.4, 0.5) is 0 Å². The van der Waals surface area contributed by atoms with E-state index >= 15 is 0 Å². The van der Waals surface area contributed by atoms with Gasteiger partial charge >= 0.3 is 5.97 Å². The number of nitrogens with zero attached hydrogens (tertiary/aromatic N) is 1. The fourth-order valence-electron chi connectivity index (χ4n) is 3.06. The maximum atomic E-state index is 12.4. The van der Waals surface area contributed by atoms with Gasteiger partial charge in [-0.1, -0.05) is 0 Å². The topological polar surface area (TPSA) is 91.4 Å². The summed E-state index contributed by atoms with van der Waals surface area (Å²) in [4.78, 5) is 11.5. The van der Waals surface area contributed by atoms with Gasteiger partial charge in [0.15, 0.2) is 11.5 Å². The van der Waals surface area contributed by atoms with Gasteiger partial charge in [0.2, 0.25) is 16.8 Å². The highest BCUT2D eigenvalue weighted by Crippen LogP contribution is 2.35. The van der Waals surface area contributed by atoms with Gasteiger partial charge in [0.05, 0.1) is 25.4 Å². The lowest BCUT2D eigenvalue weighted by atomic mass is 9.99. The molecule has 2 aliphatic heterocycles. The van der Waals surface area contributed by atoms with Crippen LogP contribution in [0.1, 0.15) is 19.3 Å². The molecule has 3 rings (SSSR count). The van der Waals surface area contributed by atoms with Crippen molar-refractivity contribution in [2.24, 2.45) is 5.92 Å². The van der Waals surface area contributed by atoms with Crippen LogP contribution in [0, 0.1) is 5.92 Å². The minimum atomic E-state index is -3.35. The number of piperidine rings is 1. The van der Waals surface area contributed by atoms with Gasteiger partial charge in [-0.05, 0) is 31.4 Å². The number of rotatable bonds is 7. The Labute approximate surface area is 153 Å². The van der Waals surface area contributed by atoms with Crippen molar-refractivity contribution in [3.8, 4) is 17.2 Å². The molecule has 1 saturated heterocycles. The maximum Gasteiger partial charge on any atom is 0.308 e. The number of hydrogen-bond acceptors (Lipinski definition) is 7. The quantitative estimate of drug-likeness (QED) is 0.517. The van der Waals surface area contributed by atoms with Crippen LogP contribution in [0.5, 0.6) is 17.2 Å². The van der Waals surface area contributed by atoms with E-state index in [2.05, 4.69) is 0 Å². The largest absolute Gasteiger partial charge is 0.493 e. The van der Waals surface area contributed by atoms with Crippen molar-refractivity contribution in [1.82, 2.24) is 4.31 Å². The second-order valence-electron chi connectivity index (χ2n) is 6.23. The molecule has 0 saturated carbocycles. The van der Waals surface area contributed by atoms with Crippen LogP contribution in [-0.2, 0) is 19.6 Å². The Kier molecular flexibility index (Phi) is 5.87. The summed E-state index contributed by atoms with van der Waals surface area (Å²) in [6, 6.07) is 5.26. The SMILES string of the molecule is COC(=O)C1CCN(S(=O)(=O)CCCOc2ccc3c(c2)OCO3)CC1. The Morgan fingerprint density at radius 1 is 1.23 bits per heavy atom. The molecule has 2 aliphatic rings. The van der Waals surface area contributed by atoms with Crippen LogP contribution in [0.3, 0.4) is 0 Å². The molecular weight excluding hydrogens is 362 g/mol. The van der Waals surface area contributed by atoms with Crippen molar-refractivity contribution in [1.29, 1.82) is 0 Å². The number of carbonyl (C=O) groups is 1. The zero-order chi connectivity index (χ0) is 18.6. The van der Waals surface area contributed by atoms with E-state index in [9.17, 15) is 13.2 Å².